The average Bonchev–Trinajstić information content (AvgIpc) is 1.93. The smallest absolute Gasteiger partial charge is 0.0620 e. The van der Waals surface area contributed by atoms with Crippen molar-refractivity contribution in [1.82, 2.24) is 0 Å². The lowest BCUT2D eigenvalue weighted by atomic mass is 9.78. The van der Waals surface area contributed by atoms with Gasteiger partial charge in [0, 0.05) is 6.04 Å². The second-order valence-corrected chi connectivity index (χ2v) is 4.65. The first-order chi connectivity index (χ1) is 5.49. The maximum Gasteiger partial charge on any atom is 0.0620 e. The lowest BCUT2D eigenvalue weighted by Gasteiger charge is -2.33. The van der Waals surface area contributed by atoms with Gasteiger partial charge in [0.15, 0.2) is 0 Å². The van der Waals surface area contributed by atoms with Gasteiger partial charge in [0.2, 0.25) is 0 Å². The van der Waals surface area contributed by atoms with Crippen LogP contribution in [0, 0.1) is 5.92 Å². The molecule has 0 heterocycles. The van der Waals surface area contributed by atoms with Crippen molar-refractivity contribution in [2.24, 2.45) is 11.7 Å². The molecule has 3 N–H and O–H groups in total. The van der Waals surface area contributed by atoms with Gasteiger partial charge in [0.05, 0.1) is 5.60 Å². The van der Waals surface area contributed by atoms with E-state index in [4.69, 9.17) is 5.73 Å². The standard InChI is InChI=1S/C10H21NO/c1-8(11)7-9-3-5-10(2,12)6-4-9/h8-9,12H,3-7,11H2,1-2H3. The van der Waals surface area contributed by atoms with E-state index in [-0.39, 0.29) is 0 Å². The van der Waals surface area contributed by atoms with Crippen molar-refractivity contribution < 1.29 is 5.11 Å². The van der Waals surface area contributed by atoms with Gasteiger partial charge in [-0.2, -0.15) is 0 Å². The first kappa shape index (κ1) is 10.0. The van der Waals surface area contributed by atoms with Crippen LogP contribution in [-0.2, 0) is 0 Å². The molecular formula is C10H21NO. The van der Waals surface area contributed by atoms with E-state index in [0.717, 1.165) is 38.0 Å². The zero-order valence-corrected chi connectivity index (χ0v) is 8.21. The van der Waals surface area contributed by atoms with Crippen molar-refractivity contribution in [3.8, 4) is 0 Å². The first-order valence-electron chi connectivity index (χ1n) is 4.97. The Morgan fingerprint density at radius 2 is 2.00 bits per heavy atom. The van der Waals surface area contributed by atoms with Crippen LogP contribution in [0.15, 0.2) is 0 Å². The highest BCUT2D eigenvalue weighted by atomic mass is 16.3. The molecule has 0 radical (unpaired) electrons. The van der Waals surface area contributed by atoms with Gasteiger partial charge in [-0.1, -0.05) is 0 Å². The minimum absolute atomic E-state index is 0.318. The fourth-order valence-electron chi connectivity index (χ4n) is 2.06. The molecule has 1 atom stereocenters. The molecule has 0 aromatic rings. The van der Waals surface area contributed by atoms with Crippen LogP contribution >= 0.6 is 0 Å². The number of aliphatic hydroxyl groups is 1. The van der Waals surface area contributed by atoms with Gasteiger partial charge in [0.1, 0.15) is 0 Å². The van der Waals surface area contributed by atoms with Crippen molar-refractivity contribution in [2.45, 2.75) is 57.6 Å². The zero-order valence-electron chi connectivity index (χ0n) is 8.21. The van der Waals surface area contributed by atoms with Crippen molar-refractivity contribution >= 4 is 0 Å². The van der Waals surface area contributed by atoms with E-state index in [1.165, 1.54) is 0 Å². The van der Waals surface area contributed by atoms with Crippen LogP contribution in [0.3, 0.4) is 0 Å². The van der Waals surface area contributed by atoms with E-state index in [1.54, 1.807) is 0 Å². The molecule has 1 aliphatic carbocycles. The van der Waals surface area contributed by atoms with E-state index in [1.807, 2.05) is 6.92 Å². The van der Waals surface area contributed by atoms with Gasteiger partial charge >= 0.3 is 0 Å². The lowest BCUT2D eigenvalue weighted by Crippen LogP contribution is -2.32. The Hall–Kier alpha value is -0.0800. The molecule has 1 saturated carbocycles. The predicted molar refractivity (Wildman–Crippen MR) is 50.8 cm³/mol. The lowest BCUT2D eigenvalue weighted by molar-refractivity contribution is 0.00630. The molecule has 0 aromatic carbocycles. The quantitative estimate of drug-likeness (QED) is 0.664. The van der Waals surface area contributed by atoms with Crippen molar-refractivity contribution in [3.63, 3.8) is 0 Å². The predicted octanol–water partition coefficient (Wildman–Crippen LogP) is 1.66. The highest BCUT2D eigenvalue weighted by Crippen LogP contribution is 2.33. The number of nitrogens with two attached hydrogens (primary N) is 1. The van der Waals surface area contributed by atoms with Crippen LogP contribution in [0.4, 0.5) is 0 Å². The molecule has 0 spiro atoms. The van der Waals surface area contributed by atoms with Gasteiger partial charge < -0.3 is 10.8 Å². The monoisotopic (exact) mass is 171 g/mol. The van der Waals surface area contributed by atoms with Crippen LogP contribution in [0.2, 0.25) is 0 Å². The Labute approximate surface area is 75.2 Å². The first-order valence-corrected chi connectivity index (χ1v) is 4.97. The molecule has 72 valence electrons. The van der Waals surface area contributed by atoms with E-state index >= 15 is 0 Å². The fraction of sp³-hybridized carbons (Fsp3) is 1.00. The summed E-state index contributed by atoms with van der Waals surface area (Å²) in [4.78, 5) is 0. The third-order valence-corrected chi connectivity index (χ3v) is 2.89. The van der Waals surface area contributed by atoms with Crippen LogP contribution in [0.5, 0.6) is 0 Å². The summed E-state index contributed by atoms with van der Waals surface area (Å²) < 4.78 is 0. The van der Waals surface area contributed by atoms with E-state index in [0.29, 0.717) is 6.04 Å². The minimum Gasteiger partial charge on any atom is -0.390 e. The minimum atomic E-state index is -0.395. The molecule has 0 aromatic heterocycles. The Bertz CT molecular complexity index is 133. The molecule has 2 nitrogen and oxygen atoms in total. The fourth-order valence-corrected chi connectivity index (χ4v) is 2.06. The maximum atomic E-state index is 9.70. The molecule has 12 heavy (non-hydrogen) atoms. The van der Waals surface area contributed by atoms with Gasteiger partial charge in [0.25, 0.3) is 0 Å². The third-order valence-electron chi connectivity index (χ3n) is 2.89. The van der Waals surface area contributed by atoms with Gasteiger partial charge in [-0.3, -0.25) is 0 Å². The number of hydrogen-bond donors (Lipinski definition) is 2. The van der Waals surface area contributed by atoms with Crippen molar-refractivity contribution in [1.29, 1.82) is 0 Å². The molecule has 1 unspecified atom stereocenters. The number of rotatable bonds is 2. The van der Waals surface area contributed by atoms with Gasteiger partial charge in [-0.15, -0.1) is 0 Å². The second-order valence-electron chi connectivity index (χ2n) is 4.65. The molecule has 1 fully saturated rings. The summed E-state index contributed by atoms with van der Waals surface area (Å²) in [6.07, 6.45) is 5.31. The van der Waals surface area contributed by atoms with E-state index in [2.05, 4.69) is 6.92 Å². The summed E-state index contributed by atoms with van der Waals surface area (Å²) in [5.41, 5.74) is 5.33. The van der Waals surface area contributed by atoms with E-state index < -0.39 is 5.60 Å². The SMILES string of the molecule is CC(N)CC1CCC(C)(O)CC1. The van der Waals surface area contributed by atoms with Crippen LogP contribution in [0.25, 0.3) is 0 Å². The van der Waals surface area contributed by atoms with Crippen LogP contribution in [0.1, 0.15) is 46.0 Å². The van der Waals surface area contributed by atoms with Crippen LogP contribution < -0.4 is 5.73 Å². The molecule has 1 rings (SSSR count). The molecular weight excluding hydrogens is 150 g/mol. The summed E-state index contributed by atoms with van der Waals surface area (Å²) >= 11 is 0. The highest BCUT2D eigenvalue weighted by molar-refractivity contribution is 4.82. The van der Waals surface area contributed by atoms with Crippen LogP contribution in [-0.4, -0.2) is 16.7 Å². The Balaban J connectivity index is 2.27. The molecule has 2 heteroatoms. The molecule has 0 bridgehead atoms. The van der Waals surface area contributed by atoms with Gasteiger partial charge in [-0.05, 0) is 51.9 Å². The Morgan fingerprint density at radius 3 is 2.42 bits per heavy atom. The molecule has 0 saturated heterocycles. The zero-order chi connectivity index (χ0) is 9.19. The third kappa shape index (κ3) is 3.11. The van der Waals surface area contributed by atoms with E-state index in [9.17, 15) is 5.11 Å². The molecule has 0 amide bonds. The van der Waals surface area contributed by atoms with Crippen molar-refractivity contribution in [3.05, 3.63) is 0 Å². The summed E-state index contributed by atoms with van der Waals surface area (Å²) in [6, 6.07) is 0.318. The second kappa shape index (κ2) is 3.75. The Morgan fingerprint density at radius 1 is 1.50 bits per heavy atom. The summed E-state index contributed by atoms with van der Waals surface area (Å²) in [5, 5.41) is 9.70. The number of hydrogen-bond acceptors (Lipinski definition) is 2. The Kier molecular flexibility index (Phi) is 3.13. The highest BCUT2D eigenvalue weighted by Gasteiger charge is 2.28. The molecule has 1 aliphatic rings. The topological polar surface area (TPSA) is 46.2 Å². The summed E-state index contributed by atoms with van der Waals surface area (Å²) in [7, 11) is 0. The van der Waals surface area contributed by atoms with Gasteiger partial charge in [-0.25, -0.2) is 0 Å². The largest absolute Gasteiger partial charge is 0.390 e. The maximum absolute atomic E-state index is 9.70. The normalized spacial score (nSPS) is 39.5. The average molecular weight is 171 g/mol. The van der Waals surface area contributed by atoms with Crippen molar-refractivity contribution in [2.75, 3.05) is 0 Å². The summed E-state index contributed by atoms with van der Waals surface area (Å²) in [6.45, 7) is 4.00. The molecule has 0 aliphatic heterocycles. The summed E-state index contributed by atoms with van der Waals surface area (Å²) in [5.74, 6) is 0.755.